The number of rotatable bonds is 5. The molecule has 1 saturated heterocycles. The molecule has 1 amide bonds. The van der Waals surface area contributed by atoms with Gasteiger partial charge in [-0.3, -0.25) is 19.8 Å². The highest BCUT2D eigenvalue weighted by Gasteiger charge is 2.19. The Bertz CT molecular complexity index is 338. The van der Waals surface area contributed by atoms with Crippen LogP contribution < -0.4 is 5.32 Å². The SMILES string of the molecule is C#CCNCC(=O)N1CCCN(CC(=O)O)CC1. The zero-order chi connectivity index (χ0) is 13.4. The molecule has 0 spiro atoms. The predicted octanol–water partition coefficient (Wildman–Crippen LogP) is -1.17. The Labute approximate surface area is 107 Å². The van der Waals surface area contributed by atoms with Gasteiger partial charge in [0.2, 0.25) is 5.91 Å². The van der Waals surface area contributed by atoms with Crippen molar-refractivity contribution in [2.45, 2.75) is 6.42 Å². The third-order valence-electron chi connectivity index (χ3n) is 2.80. The van der Waals surface area contributed by atoms with Gasteiger partial charge in [-0.2, -0.15) is 0 Å². The molecule has 0 atom stereocenters. The fourth-order valence-electron chi connectivity index (χ4n) is 1.92. The summed E-state index contributed by atoms with van der Waals surface area (Å²) in [6.45, 7) is 3.22. The maximum Gasteiger partial charge on any atom is 0.317 e. The van der Waals surface area contributed by atoms with E-state index in [-0.39, 0.29) is 19.0 Å². The molecular formula is C12H19N3O3. The number of amides is 1. The summed E-state index contributed by atoms with van der Waals surface area (Å²) in [5, 5.41) is 11.6. The first kappa shape index (κ1) is 14.5. The van der Waals surface area contributed by atoms with Crippen molar-refractivity contribution in [3.8, 4) is 12.3 Å². The molecule has 0 aromatic heterocycles. The van der Waals surface area contributed by atoms with E-state index in [2.05, 4.69) is 11.2 Å². The Morgan fingerprint density at radius 1 is 1.28 bits per heavy atom. The zero-order valence-corrected chi connectivity index (χ0v) is 10.4. The number of terminal acetylenes is 1. The number of carboxylic acids is 1. The smallest absolute Gasteiger partial charge is 0.317 e. The van der Waals surface area contributed by atoms with E-state index in [0.29, 0.717) is 32.7 Å². The second kappa shape index (κ2) is 7.69. The van der Waals surface area contributed by atoms with Crippen LogP contribution in [0.1, 0.15) is 6.42 Å². The standard InChI is InChI=1S/C12H19N3O3/c1-2-4-13-9-11(16)15-6-3-5-14(7-8-15)10-12(17)18/h1,13H,3-10H2,(H,17,18). The number of carbonyl (C=O) groups excluding carboxylic acids is 1. The van der Waals surface area contributed by atoms with Gasteiger partial charge in [-0.1, -0.05) is 5.92 Å². The summed E-state index contributed by atoms with van der Waals surface area (Å²) in [5.74, 6) is 1.60. The van der Waals surface area contributed by atoms with Gasteiger partial charge in [0.25, 0.3) is 0 Å². The number of hydrogen-bond donors (Lipinski definition) is 2. The Morgan fingerprint density at radius 3 is 2.72 bits per heavy atom. The average molecular weight is 253 g/mol. The first-order valence-corrected chi connectivity index (χ1v) is 5.99. The lowest BCUT2D eigenvalue weighted by molar-refractivity contribution is -0.138. The predicted molar refractivity (Wildman–Crippen MR) is 67.0 cm³/mol. The van der Waals surface area contributed by atoms with Gasteiger partial charge in [0, 0.05) is 26.2 Å². The number of nitrogens with zero attached hydrogens (tertiary/aromatic N) is 2. The Morgan fingerprint density at radius 2 is 2.06 bits per heavy atom. The summed E-state index contributed by atoms with van der Waals surface area (Å²) in [4.78, 5) is 26.0. The first-order chi connectivity index (χ1) is 8.63. The fraction of sp³-hybridized carbons (Fsp3) is 0.667. The third-order valence-corrected chi connectivity index (χ3v) is 2.80. The summed E-state index contributed by atoms with van der Waals surface area (Å²) in [6.07, 6.45) is 5.88. The minimum atomic E-state index is -0.828. The summed E-state index contributed by atoms with van der Waals surface area (Å²) in [7, 11) is 0. The molecule has 0 radical (unpaired) electrons. The lowest BCUT2D eigenvalue weighted by Gasteiger charge is -2.21. The van der Waals surface area contributed by atoms with Gasteiger partial charge in [0.05, 0.1) is 19.6 Å². The van der Waals surface area contributed by atoms with Crippen molar-refractivity contribution in [3.05, 3.63) is 0 Å². The van der Waals surface area contributed by atoms with Crippen LogP contribution in [-0.4, -0.2) is 72.6 Å². The largest absolute Gasteiger partial charge is 0.480 e. The van der Waals surface area contributed by atoms with Crippen molar-refractivity contribution in [2.24, 2.45) is 0 Å². The van der Waals surface area contributed by atoms with E-state index in [1.807, 2.05) is 4.90 Å². The van der Waals surface area contributed by atoms with Gasteiger partial charge < -0.3 is 10.0 Å². The number of aliphatic carboxylic acids is 1. The zero-order valence-electron chi connectivity index (χ0n) is 10.4. The molecule has 1 aliphatic rings. The van der Waals surface area contributed by atoms with Crippen LogP contribution in [0.2, 0.25) is 0 Å². The molecule has 0 bridgehead atoms. The van der Waals surface area contributed by atoms with E-state index in [9.17, 15) is 9.59 Å². The van der Waals surface area contributed by atoms with E-state index in [1.54, 1.807) is 4.90 Å². The van der Waals surface area contributed by atoms with Crippen LogP contribution in [-0.2, 0) is 9.59 Å². The molecule has 0 aromatic rings. The minimum absolute atomic E-state index is 0.0161. The maximum absolute atomic E-state index is 11.8. The molecular weight excluding hydrogens is 234 g/mol. The molecule has 0 aliphatic carbocycles. The molecule has 0 unspecified atom stereocenters. The molecule has 100 valence electrons. The van der Waals surface area contributed by atoms with Gasteiger partial charge >= 0.3 is 5.97 Å². The van der Waals surface area contributed by atoms with Crippen molar-refractivity contribution in [2.75, 3.05) is 45.8 Å². The monoisotopic (exact) mass is 253 g/mol. The molecule has 18 heavy (non-hydrogen) atoms. The Kier molecular flexibility index (Phi) is 6.19. The van der Waals surface area contributed by atoms with Crippen LogP contribution in [0.25, 0.3) is 0 Å². The van der Waals surface area contributed by atoms with Crippen LogP contribution in [0.15, 0.2) is 0 Å². The second-order valence-electron chi connectivity index (χ2n) is 4.21. The summed E-state index contributed by atoms with van der Waals surface area (Å²) >= 11 is 0. The molecule has 6 heteroatoms. The van der Waals surface area contributed by atoms with Crippen LogP contribution in [0, 0.1) is 12.3 Å². The van der Waals surface area contributed by atoms with Gasteiger partial charge in [-0.25, -0.2) is 0 Å². The number of carboxylic acid groups (broad SMARTS) is 1. The molecule has 0 saturated carbocycles. The van der Waals surface area contributed by atoms with Crippen LogP contribution in [0.4, 0.5) is 0 Å². The normalized spacial score (nSPS) is 16.9. The molecule has 1 rings (SSSR count). The maximum atomic E-state index is 11.8. The first-order valence-electron chi connectivity index (χ1n) is 5.99. The van der Waals surface area contributed by atoms with Gasteiger partial charge in [0.15, 0.2) is 0 Å². The van der Waals surface area contributed by atoms with Gasteiger partial charge in [-0.05, 0) is 6.42 Å². The molecule has 0 aromatic carbocycles. The molecule has 1 heterocycles. The highest BCUT2D eigenvalue weighted by molar-refractivity contribution is 5.78. The fourth-order valence-corrected chi connectivity index (χ4v) is 1.92. The molecule has 6 nitrogen and oxygen atoms in total. The molecule has 1 aliphatic heterocycles. The Hall–Kier alpha value is -1.58. The van der Waals surface area contributed by atoms with E-state index >= 15 is 0 Å². The van der Waals surface area contributed by atoms with Crippen LogP contribution in [0.5, 0.6) is 0 Å². The quantitative estimate of drug-likeness (QED) is 0.477. The van der Waals surface area contributed by atoms with Crippen LogP contribution in [0.3, 0.4) is 0 Å². The van der Waals surface area contributed by atoms with E-state index in [1.165, 1.54) is 0 Å². The topological polar surface area (TPSA) is 72.9 Å². The number of carbonyl (C=O) groups is 2. The summed E-state index contributed by atoms with van der Waals surface area (Å²) < 4.78 is 0. The summed E-state index contributed by atoms with van der Waals surface area (Å²) in [5.41, 5.74) is 0. The van der Waals surface area contributed by atoms with E-state index in [4.69, 9.17) is 11.5 Å². The highest BCUT2D eigenvalue weighted by atomic mass is 16.4. The lowest BCUT2D eigenvalue weighted by atomic mass is 10.3. The highest BCUT2D eigenvalue weighted by Crippen LogP contribution is 2.03. The third kappa shape index (κ3) is 5.17. The van der Waals surface area contributed by atoms with Crippen molar-refractivity contribution in [1.82, 2.24) is 15.1 Å². The van der Waals surface area contributed by atoms with E-state index < -0.39 is 5.97 Å². The van der Waals surface area contributed by atoms with Crippen molar-refractivity contribution < 1.29 is 14.7 Å². The molecule has 2 N–H and O–H groups in total. The van der Waals surface area contributed by atoms with Gasteiger partial charge in [0.1, 0.15) is 0 Å². The van der Waals surface area contributed by atoms with Crippen molar-refractivity contribution in [3.63, 3.8) is 0 Å². The summed E-state index contributed by atoms with van der Waals surface area (Å²) in [6, 6.07) is 0. The Balaban J connectivity index is 2.34. The van der Waals surface area contributed by atoms with Crippen LogP contribution >= 0.6 is 0 Å². The number of nitrogens with one attached hydrogen (secondary N) is 1. The van der Waals surface area contributed by atoms with Gasteiger partial charge in [-0.15, -0.1) is 6.42 Å². The average Bonchev–Trinajstić information content (AvgIpc) is 2.54. The van der Waals surface area contributed by atoms with Crippen molar-refractivity contribution in [1.29, 1.82) is 0 Å². The van der Waals surface area contributed by atoms with Crippen molar-refractivity contribution >= 4 is 11.9 Å². The van der Waals surface area contributed by atoms with E-state index in [0.717, 1.165) is 6.42 Å². The second-order valence-corrected chi connectivity index (χ2v) is 4.21. The number of hydrogen-bond acceptors (Lipinski definition) is 4. The lowest BCUT2D eigenvalue weighted by Crippen LogP contribution is -2.41. The molecule has 1 fully saturated rings. The minimum Gasteiger partial charge on any atom is -0.480 e.